The highest BCUT2D eigenvalue weighted by atomic mass is 32.1. The second-order valence-electron chi connectivity index (χ2n) is 17.6. The molecule has 4 heterocycles. The van der Waals surface area contributed by atoms with E-state index in [1.807, 2.05) is 0 Å². The van der Waals surface area contributed by atoms with Crippen molar-refractivity contribution in [1.29, 1.82) is 0 Å². The van der Waals surface area contributed by atoms with Crippen LogP contribution in [0.4, 0.5) is 0 Å². The number of imidazole rings is 3. The van der Waals surface area contributed by atoms with Crippen molar-refractivity contribution < 1.29 is 57.8 Å². The van der Waals surface area contributed by atoms with Gasteiger partial charge in [-0.05, 0) is 31.6 Å². The molecule has 1 aliphatic rings. The summed E-state index contributed by atoms with van der Waals surface area (Å²) in [6.45, 7) is 2.95. The van der Waals surface area contributed by atoms with Crippen LogP contribution in [-0.4, -0.2) is 172 Å². The number of hydrogen-bond donors (Lipinski definition) is 15. The number of likely N-dealkylation sites (tertiary alicyclic amines) is 1. The van der Waals surface area contributed by atoms with Crippen molar-refractivity contribution in [3.8, 4) is 0 Å². The van der Waals surface area contributed by atoms with E-state index in [2.05, 4.69) is 79.8 Å². The maximum atomic E-state index is 14.0. The quantitative estimate of drug-likeness (QED) is 0.0277. The minimum Gasteiger partial charge on any atom is -0.480 e. The molecule has 0 aliphatic carbocycles. The van der Waals surface area contributed by atoms with Crippen molar-refractivity contribution in [2.24, 2.45) is 23.1 Å². The molecule has 29 nitrogen and oxygen atoms in total. The van der Waals surface area contributed by atoms with Gasteiger partial charge in [-0.15, -0.1) is 0 Å². The number of aliphatic carboxylic acids is 1. The summed E-state index contributed by atoms with van der Waals surface area (Å²) < 4.78 is 0. The van der Waals surface area contributed by atoms with E-state index in [-0.39, 0.29) is 63.2 Å². The number of carboxylic acid groups (broad SMARTS) is 1. The molecule has 10 amide bonds. The van der Waals surface area contributed by atoms with E-state index in [0.29, 0.717) is 23.5 Å². The first kappa shape index (κ1) is 57.7. The molecule has 0 saturated carbocycles. The van der Waals surface area contributed by atoms with Crippen LogP contribution in [0, 0.1) is 5.92 Å². The van der Waals surface area contributed by atoms with E-state index in [9.17, 15) is 57.8 Å². The Balaban J connectivity index is 1.41. The molecule has 3 aromatic rings. The van der Waals surface area contributed by atoms with Crippen LogP contribution < -0.4 is 54.4 Å². The molecule has 1 aliphatic heterocycles. The number of carboxylic acids is 1. The molecule has 0 spiro atoms. The van der Waals surface area contributed by atoms with Gasteiger partial charge in [0.1, 0.15) is 42.3 Å². The zero-order valence-corrected chi connectivity index (χ0v) is 40.9. The summed E-state index contributed by atoms with van der Waals surface area (Å²) in [6.07, 6.45) is 7.46. The number of hydrogen-bond acceptors (Lipinski definition) is 16. The molecule has 1 fully saturated rings. The molecule has 73 heavy (non-hydrogen) atoms. The summed E-state index contributed by atoms with van der Waals surface area (Å²) in [7, 11) is 0. The number of nitrogens with one attached hydrogen (secondary N) is 10. The second kappa shape index (κ2) is 28.2. The van der Waals surface area contributed by atoms with Crippen molar-refractivity contribution in [1.82, 2.24) is 72.0 Å². The molecule has 4 rings (SSSR count). The number of amides is 10. The lowest BCUT2D eigenvalue weighted by Crippen LogP contribution is -2.59. The Morgan fingerprint density at radius 3 is 1.68 bits per heavy atom. The first-order valence-electron chi connectivity index (χ1n) is 23.1. The van der Waals surface area contributed by atoms with Crippen LogP contribution in [0.1, 0.15) is 69.5 Å². The first-order chi connectivity index (χ1) is 34.6. The van der Waals surface area contributed by atoms with E-state index >= 15 is 0 Å². The summed E-state index contributed by atoms with van der Waals surface area (Å²) in [5, 5.41) is 27.3. The van der Waals surface area contributed by atoms with Crippen LogP contribution >= 0.6 is 12.6 Å². The number of H-pyrrole nitrogens is 3. The van der Waals surface area contributed by atoms with E-state index in [1.54, 1.807) is 13.8 Å². The van der Waals surface area contributed by atoms with Crippen LogP contribution in [-0.2, 0) is 72.0 Å². The largest absolute Gasteiger partial charge is 0.480 e. The zero-order valence-electron chi connectivity index (χ0n) is 40.1. The second-order valence-corrected chi connectivity index (χ2v) is 17.9. The lowest BCUT2D eigenvalue weighted by Gasteiger charge is -2.30. The summed E-state index contributed by atoms with van der Waals surface area (Å²) in [4.78, 5) is 165. The maximum Gasteiger partial charge on any atom is 0.326 e. The Morgan fingerprint density at radius 2 is 1.19 bits per heavy atom. The van der Waals surface area contributed by atoms with E-state index in [1.165, 1.54) is 42.5 Å². The van der Waals surface area contributed by atoms with Crippen LogP contribution in [0.5, 0.6) is 0 Å². The smallest absolute Gasteiger partial charge is 0.326 e. The molecular formula is C43H63N17O12S. The van der Waals surface area contributed by atoms with Gasteiger partial charge >= 0.3 is 5.97 Å². The van der Waals surface area contributed by atoms with Crippen molar-refractivity contribution in [2.75, 3.05) is 18.8 Å². The molecule has 30 heteroatoms. The molecule has 3 aromatic heterocycles. The third-order valence-electron chi connectivity index (χ3n) is 11.3. The summed E-state index contributed by atoms with van der Waals surface area (Å²) >= 11 is 4.21. The highest BCUT2D eigenvalue weighted by molar-refractivity contribution is 7.80. The molecule has 8 atom stereocenters. The van der Waals surface area contributed by atoms with Crippen LogP contribution in [0.2, 0.25) is 0 Å². The van der Waals surface area contributed by atoms with Gasteiger partial charge in [0.2, 0.25) is 59.1 Å². The predicted molar refractivity (Wildman–Crippen MR) is 257 cm³/mol. The van der Waals surface area contributed by atoms with E-state index < -0.39 is 126 Å². The monoisotopic (exact) mass is 1040 g/mol. The molecule has 0 aromatic carbocycles. The number of thiol groups is 1. The highest BCUT2D eigenvalue weighted by Gasteiger charge is 2.40. The number of carbonyl (C=O) groups is 11. The zero-order chi connectivity index (χ0) is 53.8. The van der Waals surface area contributed by atoms with Gasteiger partial charge in [-0.3, -0.25) is 47.9 Å². The van der Waals surface area contributed by atoms with Crippen molar-refractivity contribution in [3.05, 3.63) is 54.7 Å². The fraction of sp³-hybridized carbons (Fsp3) is 0.535. The number of carbonyl (C=O) groups excluding carboxylic acids is 10. The fourth-order valence-corrected chi connectivity index (χ4v) is 7.83. The molecule has 0 unspecified atom stereocenters. The van der Waals surface area contributed by atoms with Gasteiger partial charge < -0.3 is 79.4 Å². The van der Waals surface area contributed by atoms with Crippen molar-refractivity contribution in [2.45, 2.75) is 120 Å². The Hall–Kier alpha value is -7.89. The van der Waals surface area contributed by atoms with Crippen molar-refractivity contribution in [3.63, 3.8) is 0 Å². The minimum atomic E-state index is -1.57. The number of aromatic amines is 3. The Morgan fingerprint density at radius 1 is 0.685 bits per heavy atom. The number of rotatable bonds is 30. The normalized spacial score (nSPS) is 16.1. The van der Waals surface area contributed by atoms with Gasteiger partial charge in [0.25, 0.3) is 0 Å². The Bertz CT molecular complexity index is 2390. The summed E-state index contributed by atoms with van der Waals surface area (Å²) in [6, 6.07) is -10.8. The Kier molecular flexibility index (Phi) is 22.3. The van der Waals surface area contributed by atoms with E-state index in [0.717, 1.165) is 0 Å². The van der Waals surface area contributed by atoms with Gasteiger partial charge in [0, 0.05) is 56.6 Å². The number of primary amides is 2. The van der Waals surface area contributed by atoms with Gasteiger partial charge in [0.05, 0.1) is 55.1 Å². The average molecular weight is 1040 g/mol. The third kappa shape index (κ3) is 18.7. The lowest BCUT2D eigenvalue weighted by atomic mass is 10.0. The van der Waals surface area contributed by atoms with Crippen LogP contribution in [0.25, 0.3) is 0 Å². The van der Waals surface area contributed by atoms with E-state index in [4.69, 9.17) is 17.2 Å². The third-order valence-corrected chi connectivity index (χ3v) is 11.6. The number of nitrogens with zero attached hydrogens (tertiary/aromatic N) is 4. The first-order valence-corrected chi connectivity index (χ1v) is 23.8. The molecular weight excluding hydrogens is 979 g/mol. The number of aromatic nitrogens is 6. The Labute approximate surface area is 423 Å². The van der Waals surface area contributed by atoms with Gasteiger partial charge in [-0.25, -0.2) is 19.7 Å². The van der Waals surface area contributed by atoms with Gasteiger partial charge in [0.15, 0.2) is 0 Å². The fourth-order valence-electron chi connectivity index (χ4n) is 7.58. The molecule has 17 N–H and O–H groups in total. The standard InChI is InChI=1S/C43H63N17O12S/c1-21(2)8-26(57-41(69)32-4-3-7-60(32)42(70)31(17-73)59-40(68)29(12-34(46)62)55-36(64)25(44)5-6-33(45)61)37(65)50-16-35(63)54-27(9-22-13-47-18-51-22)38(66)56-28(10-23-14-48-19-52-23)39(67)58-30(43(71)72)11-24-15-49-20-53-24/h13-15,18-21,25-32,73H,3-12,16-17,44H2,1-2H3,(H2,45,61)(H2,46,62)(H,47,51)(H,48,52)(H,49,53)(H,50,65)(H,54,63)(H,55,64)(H,56,66)(H,57,69)(H,58,67)(H,59,68)(H,71,72)/t25-,26-,27-,28-,29-,30-,31-,32-/m0/s1. The SMILES string of the molecule is CC(C)C[C@H](NC(=O)[C@@H]1CCCN1C(=O)[C@H](CS)NC(=O)[C@H](CC(N)=O)NC(=O)[C@@H](N)CCC(N)=O)C(=O)NCC(=O)N[C@@H](Cc1c[nH]cn1)C(=O)N[C@@H](Cc1c[nH]cn1)C(=O)N[C@@H](Cc1c[nH]cn1)C(=O)O. The number of nitrogens with two attached hydrogens (primary N) is 3. The molecule has 0 radical (unpaired) electrons. The molecule has 0 bridgehead atoms. The maximum absolute atomic E-state index is 14.0. The van der Waals surface area contributed by atoms with Crippen LogP contribution in [0.15, 0.2) is 37.6 Å². The predicted octanol–water partition coefficient (Wildman–Crippen LogP) is -5.57. The minimum absolute atomic E-state index is 0.0740. The van der Waals surface area contributed by atoms with Crippen LogP contribution in [0.3, 0.4) is 0 Å². The summed E-state index contributed by atoms with van der Waals surface area (Å²) in [5.41, 5.74) is 17.3. The molecule has 1 saturated heterocycles. The summed E-state index contributed by atoms with van der Waals surface area (Å²) in [5.74, 6) is -10.2. The highest BCUT2D eigenvalue weighted by Crippen LogP contribution is 2.20. The lowest BCUT2D eigenvalue weighted by molar-refractivity contribution is -0.142. The topological polar surface area (TPSA) is 460 Å². The van der Waals surface area contributed by atoms with Gasteiger partial charge in [-0.1, -0.05) is 13.8 Å². The van der Waals surface area contributed by atoms with Crippen molar-refractivity contribution >= 4 is 77.7 Å². The van der Waals surface area contributed by atoms with Gasteiger partial charge in [-0.2, -0.15) is 12.6 Å². The molecule has 398 valence electrons. The average Bonchev–Trinajstić information content (AvgIpc) is 4.20.